The standard InChI is InChI=1S/C66H94N4O7/c1-4-7-10-13-16-19-22-25-28-31-46-74-61-50-54(51-62(75-47-32-29-26-23-20-17-14-11-8-5-2)63(61)76-48-33-30-27-24-21-18-15-12-9-6-3)52-77-59-44-42-58(43-45-59)70-69-57-40-38-56(39-41-57)55-36-34-53(35-37-55)49-60-64(71)67-66(73)68-65(60)72/h34-45,49-51H,4-33,46-48,52H2,1-3H3,(H2,67,68,71,72,73). The Labute approximate surface area is 463 Å². The van der Waals surface area contributed by atoms with Crippen LogP contribution in [0.5, 0.6) is 23.0 Å². The first kappa shape index (κ1) is 61.9. The van der Waals surface area contributed by atoms with Crippen molar-refractivity contribution in [1.82, 2.24) is 10.6 Å². The van der Waals surface area contributed by atoms with Gasteiger partial charge in [-0.25, -0.2) is 4.79 Å². The van der Waals surface area contributed by atoms with E-state index < -0.39 is 17.8 Å². The molecule has 4 aromatic carbocycles. The second-order valence-electron chi connectivity index (χ2n) is 21.0. The molecule has 0 atom stereocenters. The predicted molar refractivity (Wildman–Crippen MR) is 315 cm³/mol. The van der Waals surface area contributed by atoms with Crippen molar-refractivity contribution in [1.29, 1.82) is 0 Å². The largest absolute Gasteiger partial charge is 0.490 e. The van der Waals surface area contributed by atoms with Gasteiger partial charge in [0.15, 0.2) is 11.5 Å². The minimum absolute atomic E-state index is 0.126. The summed E-state index contributed by atoms with van der Waals surface area (Å²) in [5.74, 6) is 1.48. The van der Waals surface area contributed by atoms with Gasteiger partial charge in [0, 0.05) is 0 Å². The first-order valence-corrected chi connectivity index (χ1v) is 30.2. The lowest BCUT2D eigenvalue weighted by molar-refractivity contribution is -0.123. The van der Waals surface area contributed by atoms with Crippen molar-refractivity contribution < 1.29 is 33.3 Å². The van der Waals surface area contributed by atoms with Crippen LogP contribution in [0.1, 0.15) is 225 Å². The van der Waals surface area contributed by atoms with Gasteiger partial charge in [-0.3, -0.25) is 20.2 Å². The molecule has 0 radical (unpaired) electrons. The fourth-order valence-corrected chi connectivity index (χ4v) is 9.53. The van der Waals surface area contributed by atoms with Crippen LogP contribution in [0.15, 0.2) is 101 Å². The molecule has 1 fully saturated rings. The Morgan fingerprint density at radius 3 is 1.16 bits per heavy atom. The van der Waals surface area contributed by atoms with E-state index in [9.17, 15) is 14.4 Å². The maximum atomic E-state index is 12.1. The van der Waals surface area contributed by atoms with E-state index in [2.05, 4.69) is 53.8 Å². The molecule has 0 bridgehead atoms. The quantitative estimate of drug-likeness (QED) is 0.0195. The lowest BCUT2D eigenvalue weighted by Gasteiger charge is -2.19. The minimum atomic E-state index is -0.824. The highest BCUT2D eigenvalue weighted by molar-refractivity contribution is 6.31. The molecule has 4 amide bonds. The molecule has 11 nitrogen and oxygen atoms in total. The Hall–Kier alpha value is -5.97. The maximum Gasteiger partial charge on any atom is 0.328 e. The highest BCUT2D eigenvalue weighted by atomic mass is 16.5. The maximum absolute atomic E-state index is 12.1. The number of ether oxygens (including phenoxy) is 4. The Bertz CT molecular complexity index is 2260. The van der Waals surface area contributed by atoms with Gasteiger partial charge in [-0.15, -0.1) is 0 Å². The molecular formula is C66H94N4O7. The summed E-state index contributed by atoms with van der Waals surface area (Å²) < 4.78 is 26.3. The molecule has 4 aromatic rings. The Morgan fingerprint density at radius 2 is 0.753 bits per heavy atom. The fraction of sp³-hybridized carbons (Fsp3) is 0.561. The number of benzene rings is 4. The van der Waals surface area contributed by atoms with Crippen LogP contribution < -0.4 is 29.6 Å². The van der Waals surface area contributed by atoms with E-state index in [4.69, 9.17) is 18.9 Å². The van der Waals surface area contributed by atoms with E-state index in [0.717, 1.165) is 78.2 Å². The number of rotatable bonds is 43. The van der Waals surface area contributed by atoms with Crippen molar-refractivity contribution in [2.45, 2.75) is 220 Å². The van der Waals surface area contributed by atoms with Gasteiger partial charge in [0.2, 0.25) is 5.75 Å². The van der Waals surface area contributed by atoms with Gasteiger partial charge in [0.1, 0.15) is 17.9 Å². The molecule has 0 aliphatic carbocycles. The molecule has 0 spiro atoms. The third-order valence-electron chi connectivity index (χ3n) is 14.2. The topological polar surface area (TPSA) is 137 Å². The third kappa shape index (κ3) is 25.4. The molecule has 11 heteroatoms. The number of carbonyl (C=O) groups excluding carboxylic acids is 3. The van der Waals surface area contributed by atoms with Crippen LogP contribution in [0.3, 0.4) is 0 Å². The van der Waals surface area contributed by atoms with Gasteiger partial charge in [0.05, 0.1) is 31.2 Å². The van der Waals surface area contributed by atoms with Crippen LogP contribution in [0.4, 0.5) is 16.2 Å². The highest BCUT2D eigenvalue weighted by Crippen LogP contribution is 2.40. The van der Waals surface area contributed by atoms with E-state index in [0.29, 0.717) is 43.4 Å². The average molecular weight is 1060 g/mol. The Balaban J connectivity index is 1.19. The number of hydrogen-bond donors (Lipinski definition) is 2. The smallest absolute Gasteiger partial charge is 0.328 e. The number of amides is 4. The second-order valence-corrected chi connectivity index (χ2v) is 21.0. The van der Waals surface area contributed by atoms with E-state index in [1.54, 1.807) is 0 Å². The van der Waals surface area contributed by atoms with Gasteiger partial charge >= 0.3 is 6.03 Å². The number of barbiturate groups is 1. The van der Waals surface area contributed by atoms with Crippen LogP contribution >= 0.6 is 0 Å². The second kappa shape index (κ2) is 38.6. The number of nitrogens with zero attached hydrogens (tertiary/aromatic N) is 2. The van der Waals surface area contributed by atoms with Crippen molar-refractivity contribution in [3.63, 3.8) is 0 Å². The average Bonchev–Trinajstić information content (AvgIpc) is 3.45. The molecule has 0 saturated carbocycles. The summed E-state index contributed by atoms with van der Waals surface area (Å²) in [6.07, 6.45) is 39.7. The summed E-state index contributed by atoms with van der Waals surface area (Å²) in [7, 11) is 0. The molecule has 0 aromatic heterocycles. The molecule has 420 valence electrons. The van der Waals surface area contributed by atoms with Crippen molar-refractivity contribution >= 4 is 35.3 Å². The molecule has 1 aliphatic rings. The predicted octanol–water partition coefficient (Wildman–Crippen LogP) is 19.0. The minimum Gasteiger partial charge on any atom is -0.490 e. The Morgan fingerprint density at radius 1 is 0.403 bits per heavy atom. The van der Waals surface area contributed by atoms with Gasteiger partial charge in [0.25, 0.3) is 11.8 Å². The summed E-state index contributed by atoms with van der Waals surface area (Å²) in [5, 5.41) is 13.1. The van der Waals surface area contributed by atoms with Crippen LogP contribution in [0.25, 0.3) is 17.2 Å². The molecule has 0 unspecified atom stereocenters. The fourth-order valence-electron chi connectivity index (χ4n) is 9.53. The van der Waals surface area contributed by atoms with Crippen molar-refractivity contribution in [2.24, 2.45) is 10.2 Å². The number of urea groups is 1. The summed E-state index contributed by atoms with van der Waals surface area (Å²) in [5.41, 5.74) is 4.81. The summed E-state index contributed by atoms with van der Waals surface area (Å²) in [6.45, 7) is 9.09. The zero-order chi connectivity index (χ0) is 54.4. The van der Waals surface area contributed by atoms with Crippen molar-refractivity contribution in [3.05, 3.63) is 102 Å². The molecule has 5 rings (SSSR count). The molecular weight excluding hydrogens is 961 g/mol. The van der Waals surface area contributed by atoms with Crippen LogP contribution in [0.2, 0.25) is 0 Å². The molecule has 1 heterocycles. The van der Waals surface area contributed by atoms with Gasteiger partial charge in [-0.2, -0.15) is 10.2 Å². The molecule has 1 saturated heterocycles. The Kier molecular flexibility index (Phi) is 31.0. The number of nitrogens with one attached hydrogen (secondary N) is 2. The highest BCUT2D eigenvalue weighted by Gasteiger charge is 2.27. The zero-order valence-electron chi connectivity index (χ0n) is 47.5. The lowest BCUT2D eigenvalue weighted by atomic mass is 10.0. The number of hydrogen-bond acceptors (Lipinski definition) is 9. The summed E-state index contributed by atoms with van der Waals surface area (Å²) >= 11 is 0. The van der Waals surface area contributed by atoms with E-state index in [1.807, 2.05) is 72.8 Å². The van der Waals surface area contributed by atoms with Crippen LogP contribution in [-0.2, 0) is 16.2 Å². The first-order valence-electron chi connectivity index (χ1n) is 30.2. The zero-order valence-corrected chi connectivity index (χ0v) is 47.5. The number of carbonyl (C=O) groups is 3. The van der Waals surface area contributed by atoms with E-state index >= 15 is 0 Å². The number of unbranched alkanes of at least 4 members (excludes halogenated alkanes) is 27. The summed E-state index contributed by atoms with van der Waals surface area (Å²) in [6, 6.07) is 26.1. The van der Waals surface area contributed by atoms with E-state index in [1.165, 1.54) is 160 Å². The van der Waals surface area contributed by atoms with Gasteiger partial charge in [-0.1, -0.05) is 231 Å². The monoisotopic (exact) mass is 1050 g/mol. The number of azo groups is 1. The van der Waals surface area contributed by atoms with Gasteiger partial charge < -0.3 is 18.9 Å². The first-order chi connectivity index (χ1) is 37.9. The normalized spacial score (nSPS) is 12.5. The molecule has 1 aliphatic heterocycles. The lowest BCUT2D eigenvalue weighted by Crippen LogP contribution is -2.51. The SMILES string of the molecule is CCCCCCCCCCCCOc1cc(COc2ccc(N=Nc3ccc(-c4ccc(C=C5C(=O)NC(=O)NC5=O)cc4)cc3)cc2)cc(OCCCCCCCCCCCC)c1OCCCCCCCCCCCC. The van der Waals surface area contributed by atoms with Crippen molar-refractivity contribution in [3.8, 4) is 34.1 Å². The van der Waals surface area contributed by atoms with Crippen LogP contribution in [-0.4, -0.2) is 37.7 Å². The van der Waals surface area contributed by atoms with Crippen molar-refractivity contribution in [2.75, 3.05) is 19.8 Å². The van der Waals surface area contributed by atoms with Gasteiger partial charge in [-0.05, 0) is 96.1 Å². The molecule has 77 heavy (non-hydrogen) atoms. The molecule has 2 N–H and O–H groups in total. The summed E-state index contributed by atoms with van der Waals surface area (Å²) in [4.78, 5) is 35.6. The van der Waals surface area contributed by atoms with E-state index in [-0.39, 0.29) is 5.57 Å². The third-order valence-corrected chi connectivity index (χ3v) is 14.2. The van der Waals surface area contributed by atoms with Crippen LogP contribution in [0, 0.1) is 0 Å². The number of imide groups is 2.